The van der Waals surface area contributed by atoms with Crippen LogP contribution in [-0.2, 0) is 31.8 Å². The van der Waals surface area contributed by atoms with Crippen LogP contribution in [0.1, 0.15) is 171 Å². The van der Waals surface area contributed by atoms with Crippen molar-refractivity contribution in [2.24, 2.45) is 32.7 Å². The molecule has 9 N–H and O–H groups in total. The maximum Gasteiger partial charge on any atom is 0.339 e. The third kappa shape index (κ3) is 42.6. The van der Waals surface area contributed by atoms with Gasteiger partial charge in [-0.2, -0.15) is 0 Å². The zero-order valence-electron chi connectivity index (χ0n) is 67.4. The molecule has 11 aliphatic heterocycles. The molecule has 596 valence electrons. The number of aliphatic imine (C=N–C) groups is 3. The van der Waals surface area contributed by atoms with Crippen LogP contribution < -0.4 is 48.3 Å². The smallest absolute Gasteiger partial charge is 0.339 e. The molecule has 0 saturated carbocycles. The number of pyridine rings is 2. The number of nitrogens with zero attached hydrogens (tertiary/aromatic N) is 5. The van der Waals surface area contributed by atoms with E-state index in [0.29, 0.717) is 23.4 Å². The second kappa shape index (κ2) is 53.0. The van der Waals surface area contributed by atoms with Crippen molar-refractivity contribution >= 4 is 36.1 Å². The van der Waals surface area contributed by atoms with Gasteiger partial charge in [-0.15, -0.1) is 11.8 Å². The highest BCUT2D eigenvalue weighted by Crippen LogP contribution is 2.32. The van der Waals surface area contributed by atoms with Gasteiger partial charge >= 0.3 is 5.97 Å². The summed E-state index contributed by atoms with van der Waals surface area (Å²) in [6.45, 7) is 57.5. The maximum absolute atomic E-state index is 11.0. The molecule has 0 spiro atoms. The third-order valence-corrected chi connectivity index (χ3v) is 17.9. The molecular weight excluding hydrogens is 1390 g/mol. The third-order valence-electron chi connectivity index (χ3n) is 16.8. The molecule has 20 nitrogen and oxygen atoms in total. The largest absolute Gasteiger partial charge is 0.498 e. The van der Waals surface area contributed by atoms with Crippen LogP contribution in [0.25, 0.3) is 0 Å². The number of aryl methyl sites for hydroxylation is 2. The lowest BCUT2D eigenvalue weighted by molar-refractivity contribution is -0.133. The quantitative estimate of drug-likeness (QED) is 0.0881. The highest BCUT2D eigenvalue weighted by atomic mass is 32.2. The van der Waals surface area contributed by atoms with Gasteiger partial charge in [0.25, 0.3) is 0 Å². The van der Waals surface area contributed by atoms with E-state index in [2.05, 4.69) is 204 Å². The zero-order valence-corrected chi connectivity index (χ0v) is 68.3. The van der Waals surface area contributed by atoms with Crippen molar-refractivity contribution in [3.8, 4) is 0 Å². The molecule has 4 atom stereocenters. The van der Waals surface area contributed by atoms with E-state index in [1.165, 1.54) is 103 Å². The van der Waals surface area contributed by atoms with Crippen LogP contribution in [0.5, 0.6) is 0 Å². The summed E-state index contributed by atoms with van der Waals surface area (Å²) in [5.41, 5.74) is 18.7. The second-order valence-electron chi connectivity index (χ2n) is 27.4. The molecule has 0 saturated heterocycles. The van der Waals surface area contributed by atoms with E-state index in [9.17, 15) is 14.4 Å². The molecule has 14 aliphatic rings. The van der Waals surface area contributed by atoms with Gasteiger partial charge in [0.1, 0.15) is 35.3 Å². The molecule has 13 heterocycles. The number of allylic oxidation sites excluding steroid dienone is 17. The number of aromatic amines is 2. The van der Waals surface area contributed by atoms with Crippen molar-refractivity contribution in [2.75, 3.05) is 19.8 Å². The molecule has 0 unspecified atom stereocenters. The molecule has 0 fully saturated rings. The maximum atomic E-state index is 11.0. The molecule has 21 heteroatoms. The lowest BCUT2D eigenvalue weighted by Gasteiger charge is -2.26. The number of nitrogens with one attached hydrogen (secondary N) is 9. The molecule has 2 aromatic rings. The first kappa shape index (κ1) is 95.1. The van der Waals surface area contributed by atoms with Crippen LogP contribution in [0.3, 0.4) is 0 Å². The number of hydrazine groups is 1. The van der Waals surface area contributed by atoms with Gasteiger partial charge in [0.05, 0.1) is 23.9 Å². The number of dihydropyridines is 1. The number of cyclic esters (lactones) is 1. The first-order valence-electron chi connectivity index (χ1n) is 37.0. The Morgan fingerprint density at radius 1 is 0.700 bits per heavy atom. The van der Waals surface area contributed by atoms with Crippen molar-refractivity contribution < 1.29 is 19.0 Å². The van der Waals surface area contributed by atoms with Crippen LogP contribution in [0.2, 0.25) is 0 Å². The van der Waals surface area contributed by atoms with Crippen molar-refractivity contribution in [3.05, 3.63) is 321 Å². The second-order valence-corrected chi connectivity index (χ2v) is 28.7. The topological polar surface area (TPSA) is 238 Å². The lowest BCUT2D eigenvalue weighted by atomic mass is 9.88. The number of H-pyrrole nitrogens is 2. The monoisotopic (exact) mass is 1520 g/mol. The Labute approximate surface area is 662 Å². The van der Waals surface area contributed by atoms with Crippen LogP contribution >= 0.6 is 11.8 Å². The molecule has 3 aliphatic carbocycles. The average Bonchev–Trinajstić information content (AvgIpc) is 1.19. The summed E-state index contributed by atoms with van der Waals surface area (Å²) < 4.78 is 14.3. The number of aromatic nitrogens is 2. The number of ether oxygens (including phenoxy) is 3. The van der Waals surface area contributed by atoms with E-state index in [0.717, 1.165) is 112 Å². The Balaban J connectivity index is 0.000000404. The minimum absolute atomic E-state index is 0. The summed E-state index contributed by atoms with van der Waals surface area (Å²) in [5, 5.41) is 20.0. The Bertz CT molecular complexity index is 4050. The van der Waals surface area contributed by atoms with E-state index >= 15 is 0 Å². The highest BCUT2D eigenvalue weighted by Gasteiger charge is 2.19. The summed E-state index contributed by atoms with van der Waals surface area (Å²) in [4.78, 5) is 52.7. The Hall–Kier alpha value is -10.9. The van der Waals surface area contributed by atoms with Crippen molar-refractivity contribution in [1.29, 1.82) is 0 Å². The van der Waals surface area contributed by atoms with Gasteiger partial charge in [-0.25, -0.2) is 14.8 Å². The van der Waals surface area contributed by atoms with Crippen molar-refractivity contribution in [2.45, 2.75) is 180 Å². The summed E-state index contributed by atoms with van der Waals surface area (Å²) in [6, 6.07) is 6.63. The molecule has 0 radical (unpaired) electrons. The van der Waals surface area contributed by atoms with Crippen LogP contribution in [0, 0.1) is 24.7 Å². The van der Waals surface area contributed by atoms with Gasteiger partial charge in [0.2, 0.25) is 5.56 Å². The summed E-state index contributed by atoms with van der Waals surface area (Å²) in [5.74, 6) is 7.95. The SMILES string of the molecule is C.C=C1C=C(C)C(=O)O1.C=C1C=C(C)C2=C(CCCC2)N1.C=C1C=C(C)O1.C=C1C=CN=C(C)N1.C=C1C=NC=CN1C.C=C1CC=C(C)N1.C=C1N=CNN1C.C=C1NC=C(C)N1.C=C1NC=C[C@@H]1C.CC1=CCCS1.C[C@@H]1CC=CCC1.C[C@H]1CC=CO1.C[C@H]1CCc2[nH]c(=O)ccc2C1.Cc1cc(=O)cc[nH]1. The lowest BCUT2D eigenvalue weighted by Crippen LogP contribution is -2.24. The number of hydrogen-bond acceptors (Lipinski definition) is 19. The number of fused-ring (bicyclic) bond motifs is 1. The average molecular weight is 1520 g/mol. The standard InChI is InChI=1S/C11H15N.C10H13NO.C7H12.2C6H8N2.C6H7NO.2C6H9N.C6H6O2.C5H8N2.C5H6O.C5H8O.C5H8S.C4H7N3.CH4/c1-8-7-9(2)12-11-6-4-3-5-10(8)11;1-7-2-4-9-8(6-7)3-5-10(12)11-9;1-7-5-3-2-4-6-7;1-6-5-7-3-4-8(6)2;1-5-3-4-7-6(2)8-5;1-5-4-6(8)2-3-7-5;1-5-3-4-7-6(5)2;1-5-3-4-6(2)7-5;1-4-3-5(2)8-6(4)7;1-4-3-6-5(2)7-4;1-4-3-5(2)6-4;2*1-5-3-2-4-6-5;1-4-5-3-6-7(4)2;/h7,12H,2-6H2,1H3;3,5,7H,2,4,6H2,1H3,(H,11,12);2-3,7H,4-6H2,1H3;3-5H,1H2,2H3;3-4H,1H2,2H3,(H,7,8);2-4H,1H3,(H,7,8);3-5,7H,2H2,1H3;4,7H,1,3H2,2H3;3H,2H2,1H3;3,6-7H,2H2,1H3;3H,1H2,2H3;2,4-5H,3H2,1H3;3H,2,4H2,1H3;3H,1H2,2H3,(H,5,6);1H4/t;2*7-;;;;5-;;;;;5-;;;/m.01...0....0.../s1. The van der Waals surface area contributed by atoms with E-state index in [1.807, 2.05) is 108 Å². The number of amidine groups is 1. The Morgan fingerprint density at radius 2 is 1.43 bits per heavy atom. The van der Waals surface area contributed by atoms with Crippen molar-refractivity contribution in [3.63, 3.8) is 0 Å². The number of rotatable bonds is 0. The fourth-order valence-corrected chi connectivity index (χ4v) is 11.2. The summed E-state index contributed by atoms with van der Waals surface area (Å²) >= 11 is 1.96. The van der Waals surface area contributed by atoms with Gasteiger partial charge in [-0.1, -0.05) is 124 Å². The molecular formula is C89H128N14O6S. The molecule has 0 amide bonds. The molecule has 110 heavy (non-hydrogen) atoms. The predicted octanol–water partition coefficient (Wildman–Crippen LogP) is 19.0. The fraction of sp³-hybridized carbons (Fsp3) is 0.371. The zero-order chi connectivity index (χ0) is 80.8. The fourth-order valence-electron chi connectivity index (χ4n) is 10.4. The van der Waals surface area contributed by atoms with E-state index in [-0.39, 0.29) is 24.4 Å². The van der Waals surface area contributed by atoms with Gasteiger partial charge in [-0.3, -0.25) is 25.0 Å². The van der Waals surface area contributed by atoms with Gasteiger partial charge in [0.15, 0.2) is 5.43 Å². The number of thioether (sulfide) groups is 1. The Morgan fingerprint density at radius 3 is 1.77 bits per heavy atom. The number of hydrogen-bond donors (Lipinski definition) is 9. The van der Waals surface area contributed by atoms with E-state index in [4.69, 9.17) is 9.47 Å². The molecule has 2 aromatic heterocycles. The predicted molar refractivity (Wildman–Crippen MR) is 467 cm³/mol. The van der Waals surface area contributed by atoms with Crippen LogP contribution in [0.15, 0.2) is 308 Å². The van der Waals surface area contributed by atoms with Crippen LogP contribution in [-0.4, -0.2) is 70.2 Å². The molecule has 0 bridgehead atoms. The summed E-state index contributed by atoms with van der Waals surface area (Å²) in [6.07, 6.45) is 52.7. The first-order chi connectivity index (χ1) is 51.8. The van der Waals surface area contributed by atoms with E-state index in [1.54, 1.807) is 67.6 Å². The number of esters is 1. The number of carbonyl (C=O) groups is 1. The van der Waals surface area contributed by atoms with Gasteiger partial charge < -0.3 is 61.0 Å². The minimum atomic E-state index is -0.282. The van der Waals surface area contributed by atoms with E-state index < -0.39 is 0 Å². The summed E-state index contributed by atoms with van der Waals surface area (Å²) in [7, 11) is 3.79. The molecule has 16 rings (SSSR count). The normalized spacial score (nSPS) is 20.5. The highest BCUT2D eigenvalue weighted by molar-refractivity contribution is 8.03. The van der Waals surface area contributed by atoms with Gasteiger partial charge in [-0.05, 0) is 197 Å². The van der Waals surface area contributed by atoms with Crippen LogP contribution in [0.4, 0.5) is 0 Å². The first-order valence-corrected chi connectivity index (χ1v) is 38.0. The number of carbonyl (C=O) groups excluding carboxylic acids is 1. The van der Waals surface area contributed by atoms with Gasteiger partial charge in [0, 0.05) is 157 Å². The Kier molecular flexibility index (Phi) is 45.8. The molecule has 0 aromatic carbocycles. The van der Waals surface area contributed by atoms with Crippen molar-refractivity contribution in [1.82, 2.24) is 57.2 Å². The minimum Gasteiger partial charge on any atom is -0.498 e.